The van der Waals surface area contributed by atoms with Gasteiger partial charge in [-0.1, -0.05) is 0 Å². The molecule has 1 fully saturated rings. The Balaban J connectivity index is 1.68. The van der Waals surface area contributed by atoms with Crippen LogP contribution in [0.4, 0.5) is 0 Å². The van der Waals surface area contributed by atoms with E-state index >= 15 is 0 Å². The first-order valence-corrected chi connectivity index (χ1v) is 7.76. The third kappa shape index (κ3) is 4.67. The van der Waals surface area contributed by atoms with Crippen LogP contribution < -0.4 is 5.32 Å². The van der Waals surface area contributed by atoms with Gasteiger partial charge in [-0.25, -0.2) is 0 Å². The molecule has 2 rings (SSSR count). The molecule has 96 valence electrons. The maximum absolute atomic E-state index is 3.51. The van der Waals surface area contributed by atoms with Gasteiger partial charge in [0.15, 0.2) is 0 Å². The molecule has 1 aromatic rings. The molecule has 1 saturated heterocycles. The third-order valence-electron chi connectivity index (χ3n) is 3.08. The van der Waals surface area contributed by atoms with E-state index in [1.165, 1.54) is 29.0 Å². The molecule has 3 nitrogen and oxygen atoms in total. The topological polar surface area (TPSA) is 18.5 Å². The number of nitrogens with zero attached hydrogens (tertiary/aromatic N) is 2. The predicted octanol–water partition coefficient (Wildman–Crippen LogP) is 1.85. The minimum atomic E-state index is 1.05. The van der Waals surface area contributed by atoms with Crippen LogP contribution in [-0.4, -0.2) is 56.1 Å². The molecule has 5 heteroatoms. The lowest BCUT2D eigenvalue weighted by Crippen LogP contribution is -2.45. The van der Waals surface area contributed by atoms with Crippen LogP contribution in [0.1, 0.15) is 5.56 Å². The first kappa shape index (κ1) is 13.5. The second kappa shape index (κ2) is 6.85. The standard InChI is InChI=1S/C12H20BrN3S/c1-15(9-11-8-12(13)17-10-11)6-7-16-4-2-14-3-5-16/h8,10,14H,2-7,9H2,1H3. The molecule has 0 aromatic carbocycles. The smallest absolute Gasteiger partial charge is 0.0701 e. The Labute approximate surface area is 116 Å². The Hall–Kier alpha value is 0.0600. The van der Waals surface area contributed by atoms with E-state index < -0.39 is 0 Å². The fraction of sp³-hybridized carbons (Fsp3) is 0.667. The zero-order valence-corrected chi connectivity index (χ0v) is 12.7. The van der Waals surface area contributed by atoms with E-state index in [0.717, 1.165) is 26.2 Å². The quantitative estimate of drug-likeness (QED) is 0.894. The lowest BCUT2D eigenvalue weighted by molar-refractivity contribution is 0.202. The van der Waals surface area contributed by atoms with Crippen molar-refractivity contribution in [3.8, 4) is 0 Å². The summed E-state index contributed by atoms with van der Waals surface area (Å²) in [6, 6.07) is 2.21. The fourth-order valence-corrected chi connectivity index (χ4v) is 3.27. The van der Waals surface area contributed by atoms with Gasteiger partial charge in [-0.3, -0.25) is 4.90 Å². The lowest BCUT2D eigenvalue weighted by Gasteiger charge is -2.29. The van der Waals surface area contributed by atoms with E-state index in [1.807, 2.05) is 0 Å². The van der Waals surface area contributed by atoms with Gasteiger partial charge in [-0.05, 0) is 40.0 Å². The molecule has 0 spiro atoms. The number of hydrogen-bond acceptors (Lipinski definition) is 4. The molecule has 17 heavy (non-hydrogen) atoms. The Morgan fingerprint density at radius 2 is 2.24 bits per heavy atom. The van der Waals surface area contributed by atoms with Crippen molar-refractivity contribution in [3.05, 3.63) is 20.8 Å². The minimum absolute atomic E-state index is 1.05. The van der Waals surface area contributed by atoms with Gasteiger partial charge in [0.05, 0.1) is 3.79 Å². The first-order chi connectivity index (χ1) is 8.24. The van der Waals surface area contributed by atoms with E-state index in [9.17, 15) is 0 Å². The van der Waals surface area contributed by atoms with Crippen LogP contribution in [0.2, 0.25) is 0 Å². The number of thiophene rings is 1. The Kier molecular flexibility index (Phi) is 5.44. The summed E-state index contributed by atoms with van der Waals surface area (Å²) in [5.74, 6) is 0. The molecule has 1 aliphatic heterocycles. The van der Waals surface area contributed by atoms with Gasteiger partial charge in [0.2, 0.25) is 0 Å². The number of nitrogens with one attached hydrogen (secondary N) is 1. The number of likely N-dealkylation sites (N-methyl/N-ethyl adjacent to an activating group) is 1. The second-order valence-corrected chi connectivity index (χ2v) is 6.88. The second-order valence-electron chi connectivity index (χ2n) is 4.59. The molecule has 1 aromatic heterocycles. The highest BCUT2D eigenvalue weighted by Gasteiger charge is 2.10. The summed E-state index contributed by atoms with van der Waals surface area (Å²) in [5.41, 5.74) is 1.41. The van der Waals surface area contributed by atoms with Crippen LogP contribution in [0.3, 0.4) is 0 Å². The van der Waals surface area contributed by atoms with Crippen molar-refractivity contribution in [2.45, 2.75) is 6.54 Å². The van der Waals surface area contributed by atoms with Crippen molar-refractivity contribution < 1.29 is 0 Å². The van der Waals surface area contributed by atoms with Gasteiger partial charge in [0, 0.05) is 45.8 Å². The molecule has 1 N–H and O–H groups in total. The molecule has 0 bridgehead atoms. The summed E-state index contributed by atoms with van der Waals surface area (Å²) >= 11 is 5.27. The summed E-state index contributed by atoms with van der Waals surface area (Å²) in [5, 5.41) is 5.61. The molecule has 1 aliphatic rings. The molecule has 0 saturated carbocycles. The molecule has 0 atom stereocenters. The van der Waals surface area contributed by atoms with Crippen LogP contribution in [0.15, 0.2) is 15.2 Å². The largest absolute Gasteiger partial charge is 0.314 e. The summed E-state index contributed by atoms with van der Waals surface area (Å²) in [4.78, 5) is 4.94. The van der Waals surface area contributed by atoms with Crippen molar-refractivity contribution in [3.63, 3.8) is 0 Å². The first-order valence-electron chi connectivity index (χ1n) is 6.08. The fourth-order valence-electron chi connectivity index (χ4n) is 2.07. The van der Waals surface area contributed by atoms with Gasteiger partial charge < -0.3 is 10.2 Å². The van der Waals surface area contributed by atoms with E-state index in [1.54, 1.807) is 11.3 Å². The molecule has 0 unspecified atom stereocenters. The normalized spacial score (nSPS) is 17.8. The summed E-state index contributed by atoms with van der Waals surface area (Å²) in [6.45, 7) is 8.04. The Bertz CT molecular complexity index is 336. The summed E-state index contributed by atoms with van der Waals surface area (Å²) in [6.07, 6.45) is 0. The molecule has 0 radical (unpaired) electrons. The highest BCUT2D eigenvalue weighted by Crippen LogP contribution is 2.21. The van der Waals surface area contributed by atoms with Gasteiger partial charge in [0.25, 0.3) is 0 Å². The predicted molar refractivity (Wildman–Crippen MR) is 77.7 cm³/mol. The third-order valence-corrected chi connectivity index (χ3v) is 4.64. The van der Waals surface area contributed by atoms with Crippen molar-refractivity contribution in [2.75, 3.05) is 46.3 Å². The minimum Gasteiger partial charge on any atom is -0.314 e. The molecule has 0 amide bonds. The van der Waals surface area contributed by atoms with Gasteiger partial charge in [-0.2, -0.15) is 0 Å². The molecule has 2 heterocycles. The van der Waals surface area contributed by atoms with Gasteiger partial charge in [-0.15, -0.1) is 11.3 Å². The SMILES string of the molecule is CN(CCN1CCNCC1)Cc1csc(Br)c1. The van der Waals surface area contributed by atoms with E-state index in [2.05, 4.69) is 49.5 Å². The number of piperazine rings is 1. The summed E-state index contributed by atoms with van der Waals surface area (Å²) < 4.78 is 1.23. The van der Waals surface area contributed by atoms with Crippen molar-refractivity contribution in [1.29, 1.82) is 0 Å². The highest BCUT2D eigenvalue weighted by molar-refractivity contribution is 9.11. The van der Waals surface area contributed by atoms with Crippen LogP contribution >= 0.6 is 27.3 Å². The van der Waals surface area contributed by atoms with Crippen LogP contribution in [0.25, 0.3) is 0 Å². The Morgan fingerprint density at radius 1 is 1.47 bits per heavy atom. The average molecular weight is 318 g/mol. The zero-order chi connectivity index (χ0) is 12.1. The van der Waals surface area contributed by atoms with Crippen molar-refractivity contribution >= 4 is 27.3 Å². The van der Waals surface area contributed by atoms with Gasteiger partial charge in [0.1, 0.15) is 0 Å². The van der Waals surface area contributed by atoms with E-state index in [0.29, 0.717) is 0 Å². The number of halogens is 1. The molecule has 0 aliphatic carbocycles. The van der Waals surface area contributed by atoms with Crippen molar-refractivity contribution in [1.82, 2.24) is 15.1 Å². The highest BCUT2D eigenvalue weighted by atomic mass is 79.9. The number of rotatable bonds is 5. The van der Waals surface area contributed by atoms with E-state index in [4.69, 9.17) is 0 Å². The average Bonchev–Trinajstić information content (AvgIpc) is 2.73. The molecular formula is C12H20BrN3S. The zero-order valence-electron chi connectivity index (χ0n) is 10.3. The lowest BCUT2D eigenvalue weighted by atomic mass is 10.3. The molecular weight excluding hydrogens is 298 g/mol. The van der Waals surface area contributed by atoms with Crippen LogP contribution in [-0.2, 0) is 6.54 Å². The monoisotopic (exact) mass is 317 g/mol. The Morgan fingerprint density at radius 3 is 2.88 bits per heavy atom. The van der Waals surface area contributed by atoms with Crippen LogP contribution in [0, 0.1) is 0 Å². The number of hydrogen-bond donors (Lipinski definition) is 1. The van der Waals surface area contributed by atoms with Crippen LogP contribution in [0.5, 0.6) is 0 Å². The maximum Gasteiger partial charge on any atom is 0.0701 e. The van der Waals surface area contributed by atoms with E-state index in [-0.39, 0.29) is 0 Å². The summed E-state index contributed by atoms with van der Waals surface area (Å²) in [7, 11) is 2.20. The van der Waals surface area contributed by atoms with Crippen molar-refractivity contribution in [2.24, 2.45) is 0 Å². The maximum atomic E-state index is 3.51. The van der Waals surface area contributed by atoms with Gasteiger partial charge >= 0.3 is 0 Å².